The van der Waals surface area contributed by atoms with Crippen LogP contribution >= 0.6 is 22.6 Å². The Morgan fingerprint density at radius 3 is 2.87 bits per heavy atom. The number of aromatic nitrogens is 4. The fourth-order valence-corrected chi connectivity index (χ4v) is 1.62. The monoisotopic (exact) mass is 316 g/mol. The van der Waals surface area contributed by atoms with E-state index < -0.39 is 0 Å². The van der Waals surface area contributed by atoms with Crippen LogP contribution in [0.5, 0.6) is 0 Å². The topological polar surface area (TPSA) is 81.6 Å². The molecule has 0 aromatic carbocycles. The van der Waals surface area contributed by atoms with Crippen molar-refractivity contribution >= 4 is 28.4 Å². The van der Waals surface area contributed by atoms with Crippen molar-refractivity contribution in [3.8, 4) is 5.82 Å². The molecule has 2 rings (SSSR count). The molecule has 0 radical (unpaired) electrons. The van der Waals surface area contributed by atoms with E-state index in [0.717, 1.165) is 15.0 Å². The van der Waals surface area contributed by atoms with Gasteiger partial charge in [-0.2, -0.15) is 5.10 Å². The van der Waals surface area contributed by atoms with E-state index in [9.17, 15) is 0 Å². The molecule has 0 spiro atoms. The second-order valence-corrected chi connectivity index (χ2v) is 4.16. The summed E-state index contributed by atoms with van der Waals surface area (Å²) in [6.07, 6.45) is 5.10. The molecule has 78 valence electrons. The number of halogens is 1. The minimum Gasteiger partial charge on any atom is -0.308 e. The molecular weight excluding hydrogens is 307 g/mol. The summed E-state index contributed by atoms with van der Waals surface area (Å²) in [4.78, 5) is 8.16. The quantitative estimate of drug-likeness (QED) is 0.488. The molecule has 6 nitrogen and oxygen atoms in total. The summed E-state index contributed by atoms with van der Waals surface area (Å²) in [5.41, 5.74) is 3.38. The van der Waals surface area contributed by atoms with Crippen molar-refractivity contribution in [3.63, 3.8) is 0 Å². The van der Waals surface area contributed by atoms with Crippen LogP contribution in [0.2, 0.25) is 0 Å². The fraction of sp³-hybridized carbons (Fsp3) is 0.125. The summed E-state index contributed by atoms with van der Waals surface area (Å²) >= 11 is 2.19. The predicted octanol–water partition coefficient (Wildman–Crippen LogP) is 0.861. The zero-order chi connectivity index (χ0) is 10.8. The van der Waals surface area contributed by atoms with Crippen LogP contribution in [-0.4, -0.2) is 19.7 Å². The maximum absolute atomic E-state index is 5.33. The van der Waals surface area contributed by atoms with Gasteiger partial charge in [0.25, 0.3) is 0 Å². The number of hydrazine groups is 1. The first kappa shape index (κ1) is 10.3. The van der Waals surface area contributed by atoms with E-state index in [2.05, 4.69) is 43.1 Å². The van der Waals surface area contributed by atoms with Gasteiger partial charge >= 0.3 is 0 Å². The maximum atomic E-state index is 5.33. The molecule has 2 aromatic heterocycles. The van der Waals surface area contributed by atoms with Crippen molar-refractivity contribution in [1.82, 2.24) is 19.7 Å². The van der Waals surface area contributed by atoms with Gasteiger partial charge in [-0.15, -0.1) is 0 Å². The second-order valence-electron chi connectivity index (χ2n) is 2.92. The Labute approximate surface area is 100 Å². The van der Waals surface area contributed by atoms with Gasteiger partial charge in [0, 0.05) is 11.8 Å². The van der Waals surface area contributed by atoms with E-state index in [1.807, 2.05) is 13.1 Å². The van der Waals surface area contributed by atoms with Crippen LogP contribution in [0.25, 0.3) is 5.82 Å². The Kier molecular flexibility index (Phi) is 2.82. The van der Waals surface area contributed by atoms with Crippen LogP contribution in [-0.2, 0) is 0 Å². The minimum absolute atomic E-state index is 0.602. The van der Waals surface area contributed by atoms with Crippen LogP contribution in [0.15, 0.2) is 18.7 Å². The summed E-state index contributed by atoms with van der Waals surface area (Å²) in [6.45, 7) is 1.89. The third-order valence-corrected chi connectivity index (χ3v) is 2.52. The molecule has 0 aliphatic rings. The summed E-state index contributed by atoms with van der Waals surface area (Å²) in [5.74, 6) is 6.66. The average Bonchev–Trinajstić information content (AvgIpc) is 2.65. The first-order valence-corrected chi connectivity index (χ1v) is 5.29. The summed E-state index contributed by atoms with van der Waals surface area (Å²) in [5, 5.41) is 4.17. The van der Waals surface area contributed by atoms with E-state index in [1.165, 1.54) is 6.33 Å². The minimum atomic E-state index is 0.602. The van der Waals surface area contributed by atoms with Crippen LogP contribution < -0.4 is 11.3 Å². The summed E-state index contributed by atoms with van der Waals surface area (Å²) in [7, 11) is 0. The normalized spacial score (nSPS) is 10.3. The number of nitrogen functional groups attached to an aromatic ring is 1. The lowest BCUT2D eigenvalue weighted by molar-refractivity contribution is 0.829. The number of nitrogens with two attached hydrogens (primary N) is 1. The first-order chi connectivity index (χ1) is 7.22. The van der Waals surface area contributed by atoms with Crippen molar-refractivity contribution in [2.24, 2.45) is 5.84 Å². The highest BCUT2D eigenvalue weighted by Gasteiger charge is 2.08. The van der Waals surface area contributed by atoms with Crippen LogP contribution in [0.3, 0.4) is 0 Å². The first-order valence-electron chi connectivity index (χ1n) is 4.21. The molecule has 0 unspecified atom stereocenters. The van der Waals surface area contributed by atoms with E-state index in [0.29, 0.717) is 5.82 Å². The molecule has 0 fully saturated rings. The lowest BCUT2D eigenvalue weighted by Gasteiger charge is -2.07. The Balaban J connectivity index is 2.53. The molecule has 2 aromatic rings. The highest BCUT2D eigenvalue weighted by Crippen LogP contribution is 2.16. The lowest BCUT2D eigenvalue weighted by atomic mass is 10.3. The van der Waals surface area contributed by atoms with E-state index in [1.54, 1.807) is 10.9 Å². The van der Waals surface area contributed by atoms with Gasteiger partial charge in [-0.1, -0.05) is 0 Å². The van der Waals surface area contributed by atoms with Crippen molar-refractivity contribution in [3.05, 3.63) is 27.9 Å². The van der Waals surface area contributed by atoms with Gasteiger partial charge < -0.3 is 5.43 Å². The Morgan fingerprint density at radius 1 is 1.47 bits per heavy atom. The standard InChI is InChI=1S/C8H9IN6/c1-5-7(14-10)11-4-12-8(5)15-3-6(9)2-13-15/h2-4H,10H2,1H3,(H,11,12,14). The number of hydrogen-bond donors (Lipinski definition) is 2. The number of hydrogen-bond acceptors (Lipinski definition) is 5. The molecule has 0 saturated carbocycles. The zero-order valence-corrected chi connectivity index (χ0v) is 10.1. The Hall–Kier alpha value is -1.22. The number of anilines is 1. The maximum Gasteiger partial charge on any atom is 0.161 e. The van der Waals surface area contributed by atoms with Gasteiger partial charge in [0.1, 0.15) is 12.1 Å². The molecule has 2 heterocycles. The van der Waals surface area contributed by atoms with E-state index in [4.69, 9.17) is 5.84 Å². The van der Waals surface area contributed by atoms with Crippen LogP contribution in [0, 0.1) is 10.5 Å². The molecule has 3 N–H and O–H groups in total. The van der Waals surface area contributed by atoms with Crippen LogP contribution in [0.1, 0.15) is 5.56 Å². The summed E-state index contributed by atoms with van der Waals surface area (Å²) < 4.78 is 2.74. The Morgan fingerprint density at radius 2 is 2.27 bits per heavy atom. The molecule has 0 amide bonds. The SMILES string of the molecule is Cc1c(NN)ncnc1-n1cc(I)cn1. The molecule has 0 bridgehead atoms. The highest BCUT2D eigenvalue weighted by molar-refractivity contribution is 14.1. The predicted molar refractivity (Wildman–Crippen MR) is 64.4 cm³/mol. The molecule has 0 saturated heterocycles. The number of nitrogens with one attached hydrogen (secondary N) is 1. The third kappa shape index (κ3) is 1.92. The highest BCUT2D eigenvalue weighted by atomic mass is 127. The van der Waals surface area contributed by atoms with Gasteiger partial charge in [0.2, 0.25) is 0 Å². The summed E-state index contributed by atoms with van der Waals surface area (Å²) in [6, 6.07) is 0. The molecular formula is C8H9IN6. The zero-order valence-electron chi connectivity index (χ0n) is 7.98. The number of nitrogens with zero attached hydrogens (tertiary/aromatic N) is 4. The van der Waals surface area contributed by atoms with Gasteiger partial charge in [0.05, 0.1) is 9.77 Å². The third-order valence-electron chi connectivity index (χ3n) is 1.96. The molecule has 15 heavy (non-hydrogen) atoms. The van der Waals surface area contributed by atoms with Crippen molar-refractivity contribution < 1.29 is 0 Å². The van der Waals surface area contributed by atoms with Gasteiger partial charge in [-0.05, 0) is 29.5 Å². The van der Waals surface area contributed by atoms with Crippen molar-refractivity contribution in [2.45, 2.75) is 6.92 Å². The largest absolute Gasteiger partial charge is 0.308 e. The van der Waals surface area contributed by atoms with Gasteiger partial charge in [-0.25, -0.2) is 20.5 Å². The molecule has 0 aliphatic carbocycles. The Bertz CT molecular complexity index is 480. The average molecular weight is 316 g/mol. The van der Waals surface area contributed by atoms with Gasteiger partial charge in [-0.3, -0.25) is 0 Å². The van der Waals surface area contributed by atoms with Crippen molar-refractivity contribution in [1.29, 1.82) is 0 Å². The molecule has 7 heteroatoms. The van der Waals surface area contributed by atoms with Gasteiger partial charge in [0.15, 0.2) is 5.82 Å². The number of rotatable bonds is 2. The molecule has 0 atom stereocenters. The van der Waals surface area contributed by atoms with E-state index in [-0.39, 0.29) is 0 Å². The lowest BCUT2D eigenvalue weighted by Crippen LogP contribution is -2.12. The van der Waals surface area contributed by atoms with Crippen molar-refractivity contribution in [2.75, 3.05) is 5.43 Å². The second kappa shape index (κ2) is 4.11. The smallest absolute Gasteiger partial charge is 0.161 e. The fourth-order valence-electron chi connectivity index (χ4n) is 1.23. The molecule has 0 aliphatic heterocycles. The van der Waals surface area contributed by atoms with E-state index >= 15 is 0 Å². The van der Waals surface area contributed by atoms with Crippen LogP contribution in [0.4, 0.5) is 5.82 Å².